The first-order valence-corrected chi connectivity index (χ1v) is 13.5. The summed E-state index contributed by atoms with van der Waals surface area (Å²) in [5.41, 5.74) is 5.69. The second-order valence-corrected chi connectivity index (χ2v) is 10.9. The highest BCUT2D eigenvalue weighted by Gasteiger charge is 2.26. The van der Waals surface area contributed by atoms with E-state index >= 15 is 0 Å². The molecule has 9 heteroatoms. The number of nitrogens with one attached hydrogen (secondary N) is 1. The summed E-state index contributed by atoms with van der Waals surface area (Å²) in [7, 11) is -3.91. The molecule has 0 saturated heterocycles. The van der Waals surface area contributed by atoms with E-state index in [1.54, 1.807) is 104 Å². The molecule has 0 aromatic heterocycles. The number of anilines is 1. The van der Waals surface area contributed by atoms with Crippen LogP contribution in [0.1, 0.15) is 34.0 Å². The zero-order chi connectivity index (χ0) is 27.3. The molecule has 4 rings (SSSR count). The predicted octanol–water partition coefficient (Wildman–Crippen LogP) is 5.90. The maximum absolute atomic E-state index is 13.7. The molecule has 4 aromatic rings. The van der Waals surface area contributed by atoms with E-state index in [-0.39, 0.29) is 17.2 Å². The van der Waals surface area contributed by atoms with Gasteiger partial charge >= 0.3 is 0 Å². The summed E-state index contributed by atoms with van der Waals surface area (Å²) < 4.78 is 28.6. The van der Waals surface area contributed by atoms with E-state index in [0.29, 0.717) is 33.1 Å². The highest BCUT2D eigenvalue weighted by atomic mass is 35.5. The van der Waals surface area contributed by atoms with E-state index in [2.05, 4.69) is 10.5 Å². The van der Waals surface area contributed by atoms with Crippen molar-refractivity contribution in [2.45, 2.75) is 25.3 Å². The summed E-state index contributed by atoms with van der Waals surface area (Å²) >= 11 is 6.22. The average Bonchev–Trinajstić information content (AvgIpc) is 2.92. The van der Waals surface area contributed by atoms with Crippen molar-refractivity contribution in [2.75, 3.05) is 4.31 Å². The maximum atomic E-state index is 13.7. The van der Waals surface area contributed by atoms with Crippen molar-refractivity contribution in [3.8, 4) is 5.75 Å². The Hall–Kier alpha value is -4.14. The number of halogens is 1. The Balaban J connectivity index is 1.58. The molecule has 0 saturated carbocycles. The molecular weight excluding hydrogens is 522 g/mol. The molecule has 0 aliphatic heterocycles. The normalized spacial score (nSPS) is 11.7. The molecule has 2 N–H and O–H groups in total. The lowest BCUT2D eigenvalue weighted by Gasteiger charge is -2.26. The zero-order valence-electron chi connectivity index (χ0n) is 20.8. The number of aromatic hydroxyl groups is 1. The van der Waals surface area contributed by atoms with Gasteiger partial charge in [0.25, 0.3) is 15.9 Å². The molecule has 0 spiro atoms. The minimum Gasteiger partial charge on any atom is -0.507 e. The summed E-state index contributed by atoms with van der Waals surface area (Å²) in [6.07, 6.45) is 0. The van der Waals surface area contributed by atoms with Gasteiger partial charge in [0.1, 0.15) is 5.75 Å². The summed E-state index contributed by atoms with van der Waals surface area (Å²) in [4.78, 5) is 12.8. The Bertz CT molecular complexity index is 1590. The predicted molar refractivity (Wildman–Crippen MR) is 150 cm³/mol. The van der Waals surface area contributed by atoms with Crippen LogP contribution in [0.25, 0.3) is 0 Å². The number of rotatable bonds is 8. The van der Waals surface area contributed by atoms with Crippen molar-refractivity contribution < 1.29 is 18.3 Å². The molecule has 1 amide bonds. The Kier molecular flexibility index (Phi) is 8.14. The number of hydrogen-bond acceptors (Lipinski definition) is 5. The molecule has 0 heterocycles. The van der Waals surface area contributed by atoms with Gasteiger partial charge in [-0.3, -0.25) is 9.10 Å². The average molecular weight is 548 g/mol. The van der Waals surface area contributed by atoms with E-state index < -0.39 is 15.9 Å². The fraction of sp³-hybridized carbons (Fsp3) is 0.103. The van der Waals surface area contributed by atoms with Crippen LogP contribution >= 0.6 is 11.6 Å². The number of benzene rings is 4. The van der Waals surface area contributed by atoms with Crippen molar-refractivity contribution >= 4 is 38.9 Å². The molecule has 0 unspecified atom stereocenters. The highest BCUT2D eigenvalue weighted by molar-refractivity contribution is 7.92. The molecule has 0 aliphatic carbocycles. The third kappa shape index (κ3) is 6.04. The van der Waals surface area contributed by atoms with Crippen LogP contribution in [0.5, 0.6) is 5.75 Å². The second-order valence-electron chi connectivity index (χ2n) is 8.61. The van der Waals surface area contributed by atoms with E-state index in [0.717, 1.165) is 5.56 Å². The first-order chi connectivity index (χ1) is 18.2. The topological polar surface area (TPSA) is 99.1 Å². The molecule has 4 aromatic carbocycles. The monoisotopic (exact) mass is 547 g/mol. The number of carbonyl (C=O) groups is 1. The number of hydrazone groups is 1. The third-order valence-corrected chi connectivity index (χ3v) is 7.94. The first kappa shape index (κ1) is 26.9. The quantitative estimate of drug-likeness (QED) is 0.212. The Morgan fingerprint density at radius 3 is 2.29 bits per heavy atom. The fourth-order valence-electron chi connectivity index (χ4n) is 3.84. The molecule has 0 atom stereocenters. The number of nitrogens with zero attached hydrogens (tertiary/aromatic N) is 2. The van der Waals surface area contributed by atoms with Crippen molar-refractivity contribution in [1.29, 1.82) is 0 Å². The number of carbonyl (C=O) groups excluding carboxylic acids is 1. The highest BCUT2D eigenvalue weighted by Crippen LogP contribution is 2.31. The van der Waals surface area contributed by atoms with Gasteiger partial charge in [0.2, 0.25) is 0 Å². The van der Waals surface area contributed by atoms with Gasteiger partial charge in [0, 0.05) is 16.1 Å². The van der Waals surface area contributed by atoms with Crippen LogP contribution in [0.4, 0.5) is 5.69 Å². The van der Waals surface area contributed by atoms with Crippen LogP contribution < -0.4 is 9.73 Å². The SMILES string of the molecule is CC(=NNC(=O)c1ccc(CN(c2cc(Cl)ccc2C)S(=O)(=O)c2ccccc2)cc1)c1ccccc1O. The number of phenolic OH excluding ortho intramolecular Hbond substituents is 1. The van der Waals surface area contributed by atoms with Crippen LogP contribution in [0, 0.1) is 6.92 Å². The largest absolute Gasteiger partial charge is 0.507 e. The second kappa shape index (κ2) is 11.5. The number of para-hydroxylation sites is 1. The smallest absolute Gasteiger partial charge is 0.271 e. The molecule has 0 radical (unpaired) electrons. The number of amides is 1. The standard InChI is InChI=1S/C29H26ClN3O4S/c1-20-12-17-24(30)18-27(20)33(38(36,37)25-8-4-3-5-9-25)19-22-13-15-23(16-14-22)29(35)32-31-21(2)26-10-6-7-11-28(26)34/h3-18,34H,19H2,1-2H3,(H,32,35). The Morgan fingerprint density at radius 1 is 0.947 bits per heavy atom. The van der Waals surface area contributed by atoms with E-state index in [1.807, 2.05) is 6.92 Å². The minimum absolute atomic E-state index is 0.0326. The lowest BCUT2D eigenvalue weighted by Crippen LogP contribution is -2.31. The fourth-order valence-corrected chi connectivity index (χ4v) is 5.53. The van der Waals surface area contributed by atoms with Gasteiger partial charge in [-0.05, 0) is 73.5 Å². The lowest BCUT2D eigenvalue weighted by atomic mass is 10.1. The first-order valence-electron chi connectivity index (χ1n) is 11.7. The molecule has 0 bridgehead atoms. The lowest BCUT2D eigenvalue weighted by molar-refractivity contribution is 0.0954. The van der Waals surface area contributed by atoms with Gasteiger partial charge in [-0.2, -0.15) is 5.10 Å². The van der Waals surface area contributed by atoms with Crippen LogP contribution in [0.15, 0.2) is 107 Å². The molecule has 0 fully saturated rings. The van der Waals surface area contributed by atoms with Crippen molar-refractivity contribution in [3.63, 3.8) is 0 Å². The van der Waals surface area contributed by atoms with Crippen LogP contribution in [-0.4, -0.2) is 25.1 Å². The minimum atomic E-state index is -3.91. The zero-order valence-corrected chi connectivity index (χ0v) is 22.4. The summed E-state index contributed by atoms with van der Waals surface area (Å²) in [5, 5.41) is 14.5. The number of aryl methyl sites for hydroxylation is 1. The van der Waals surface area contributed by atoms with E-state index in [1.165, 1.54) is 4.31 Å². The molecular formula is C29H26ClN3O4S. The number of phenols is 1. The molecule has 0 aliphatic rings. The molecule has 7 nitrogen and oxygen atoms in total. The van der Waals surface area contributed by atoms with Crippen LogP contribution in [0.3, 0.4) is 0 Å². The third-order valence-electron chi connectivity index (χ3n) is 5.93. The number of sulfonamides is 1. The van der Waals surface area contributed by atoms with Crippen molar-refractivity contribution in [3.05, 3.63) is 124 Å². The van der Waals surface area contributed by atoms with Gasteiger partial charge < -0.3 is 5.11 Å². The number of hydrogen-bond donors (Lipinski definition) is 2. The van der Waals surface area contributed by atoms with Gasteiger partial charge in [0.15, 0.2) is 0 Å². The van der Waals surface area contributed by atoms with Gasteiger partial charge in [-0.1, -0.05) is 60.1 Å². The van der Waals surface area contributed by atoms with Crippen LogP contribution in [-0.2, 0) is 16.6 Å². The van der Waals surface area contributed by atoms with Crippen LogP contribution in [0.2, 0.25) is 5.02 Å². The van der Waals surface area contributed by atoms with Crippen molar-refractivity contribution in [1.82, 2.24) is 5.43 Å². The summed E-state index contributed by atoms with van der Waals surface area (Å²) in [6.45, 7) is 3.53. The summed E-state index contributed by atoms with van der Waals surface area (Å²) in [5.74, 6) is -0.372. The molecule has 194 valence electrons. The van der Waals surface area contributed by atoms with Gasteiger partial charge in [-0.15, -0.1) is 0 Å². The Morgan fingerprint density at radius 2 is 1.61 bits per heavy atom. The van der Waals surface area contributed by atoms with Gasteiger partial charge in [0.05, 0.1) is 22.8 Å². The molecule has 38 heavy (non-hydrogen) atoms. The maximum Gasteiger partial charge on any atom is 0.271 e. The van der Waals surface area contributed by atoms with Gasteiger partial charge in [-0.25, -0.2) is 13.8 Å². The van der Waals surface area contributed by atoms with E-state index in [4.69, 9.17) is 11.6 Å². The van der Waals surface area contributed by atoms with E-state index in [9.17, 15) is 18.3 Å². The van der Waals surface area contributed by atoms with Crippen molar-refractivity contribution in [2.24, 2.45) is 5.10 Å². The summed E-state index contributed by atoms with van der Waals surface area (Å²) in [6, 6.07) is 26.6. The Labute approximate surface area is 227 Å².